The Labute approximate surface area is 197 Å². The second-order valence-electron chi connectivity index (χ2n) is 8.93. The van der Waals surface area contributed by atoms with Crippen LogP contribution in [0.25, 0.3) is 27.9 Å². The third kappa shape index (κ3) is 3.91. The predicted molar refractivity (Wildman–Crippen MR) is 117 cm³/mol. The van der Waals surface area contributed by atoms with Crippen LogP contribution in [-0.2, 0) is 11.3 Å². The number of nitrogens with zero attached hydrogens (tertiary/aromatic N) is 7. The van der Waals surface area contributed by atoms with Gasteiger partial charge in [-0.15, -0.1) is 0 Å². The maximum atomic E-state index is 13.4. The van der Waals surface area contributed by atoms with Gasteiger partial charge in [0.15, 0.2) is 6.23 Å². The van der Waals surface area contributed by atoms with E-state index in [4.69, 9.17) is 4.74 Å². The van der Waals surface area contributed by atoms with Crippen LogP contribution >= 0.6 is 0 Å². The monoisotopic (exact) mass is 483 g/mol. The minimum absolute atomic E-state index is 0.0444. The number of rotatable bonds is 4. The summed E-state index contributed by atoms with van der Waals surface area (Å²) < 4.78 is 48.5. The molecule has 4 aromatic heterocycles. The van der Waals surface area contributed by atoms with Crippen LogP contribution in [0.4, 0.5) is 13.2 Å². The molecule has 2 aliphatic rings. The third-order valence-corrected chi connectivity index (χ3v) is 6.55. The Morgan fingerprint density at radius 3 is 2.66 bits per heavy atom. The van der Waals surface area contributed by atoms with Crippen molar-refractivity contribution in [3.05, 3.63) is 48.0 Å². The third-order valence-electron chi connectivity index (χ3n) is 6.55. The number of imidazole rings is 1. The van der Waals surface area contributed by atoms with Gasteiger partial charge in [-0.1, -0.05) is 0 Å². The van der Waals surface area contributed by atoms with E-state index in [0.717, 1.165) is 17.5 Å². The molecule has 6 rings (SSSR count). The summed E-state index contributed by atoms with van der Waals surface area (Å²) in [5, 5.41) is 24.9. The first-order chi connectivity index (χ1) is 16.8. The molecule has 0 spiro atoms. The van der Waals surface area contributed by atoms with Crippen molar-refractivity contribution in [3.63, 3.8) is 0 Å². The van der Waals surface area contributed by atoms with Crippen LogP contribution in [-0.4, -0.2) is 65.6 Å². The van der Waals surface area contributed by atoms with Gasteiger partial charge >= 0.3 is 6.18 Å². The second kappa shape index (κ2) is 8.01. The van der Waals surface area contributed by atoms with Gasteiger partial charge in [-0.05, 0) is 31.0 Å². The molecule has 0 amide bonds. The fourth-order valence-electron chi connectivity index (χ4n) is 4.96. The van der Waals surface area contributed by atoms with Crippen LogP contribution in [0.15, 0.2) is 36.8 Å². The molecule has 2 aliphatic heterocycles. The molecule has 0 saturated carbocycles. The number of nitriles is 1. The Hall–Kier alpha value is -3.53. The molecule has 3 unspecified atom stereocenters. The zero-order chi connectivity index (χ0) is 24.3. The molecule has 2 bridgehead atoms. The lowest BCUT2D eigenvalue weighted by atomic mass is 10.1. The smallest absolute Gasteiger partial charge is 0.372 e. The standard InChI is InChI=1S/C23H20F3N7O2/c24-23(25,26)12-33-18-5-17(22(34)31-10-14-2-3-15(11-31)35-14)28-7-16(18)21(30-33)19-8-29-20-4-1-13(6-27)9-32(19)20/h1,4-5,7-9,14-15,22,34H,2-3,10-12H2. The molecular formula is C23H20F3N7O2. The summed E-state index contributed by atoms with van der Waals surface area (Å²) >= 11 is 0. The Balaban J connectivity index is 1.45. The minimum atomic E-state index is -4.50. The number of halogens is 3. The zero-order valence-corrected chi connectivity index (χ0v) is 18.4. The molecule has 3 atom stereocenters. The van der Waals surface area contributed by atoms with Crippen LogP contribution in [0.3, 0.4) is 0 Å². The molecular weight excluding hydrogens is 463 g/mol. The number of alkyl halides is 3. The number of aromatic nitrogens is 5. The lowest BCUT2D eigenvalue weighted by Crippen LogP contribution is -2.44. The molecule has 35 heavy (non-hydrogen) atoms. The SMILES string of the molecule is N#Cc1ccc2ncc(-c3nn(CC(F)(F)F)c4cc(C(O)N5CC6CCC(C5)O6)ncc34)n2c1. The lowest BCUT2D eigenvalue weighted by Gasteiger charge is -2.35. The highest BCUT2D eigenvalue weighted by Gasteiger charge is 2.37. The van der Waals surface area contributed by atoms with Crippen molar-refractivity contribution in [2.24, 2.45) is 0 Å². The van der Waals surface area contributed by atoms with Gasteiger partial charge in [0.2, 0.25) is 0 Å². The molecule has 0 aromatic carbocycles. The average Bonchev–Trinajstić information content (AvgIpc) is 3.51. The normalized spacial score (nSPS) is 21.6. The van der Waals surface area contributed by atoms with Crippen LogP contribution in [0, 0.1) is 11.3 Å². The first-order valence-electron chi connectivity index (χ1n) is 11.2. The number of morpholine rings is 1. The summed E-state index contributed by atoms with van der Waals surface area (Å²) in [7, 11) is 0. The van der Waals surface area contributed by atoms with Gasteiger partial charge in [-0.3, -0.25) is 19.0 Å². The van der Waals surface area contributed by atoms with Crippen molar-refractivity contribution in [1.29, 1.82) is 5.26 Å². The van der Waals surface area contributed by atoms with Gasteiger partial charge in [-0.2, -0.15) is 23.5 Å². The predicted octanol–water partition coefficient (Wildman–Crippen LogP) is 3.03. The van der Waals surface area contributed by atoms with Gasteiger partial charge in [0, 0.05) is 30.9 Å². The summed E-state index contributed by atoms with van der Waals surface area (Å²) in [4.78, 5) is 10.5. The summed E-state index contributed by atoms with van der Waals surface area (Å²) in [6, 6.07) is 6.77. The van der Waals surface area contributed by atoms with Crippen LogP contribution < -0.4 is 0 Å². The number of ether oxygens (including phenoxy) is 1. The van der Waals surface area contributed by atoms with Crippen molar-refractivity contribution in [3.8, 4) is 17.5 Å². The highest BCUT2D eigenvalue weighted by Crippen LogP contribution is 2.34. The number of likely N-dealkylation sites (tertiary alicyclic amines) is 1. The van der Waals surface area contributed by atoms with Gasteiger partial charge in [0.05, 0.1) is 40.9 Å². The van der Waals surface area contributed by atoms with E-state index in [-0.39, 0.29) is 29.1 Å². The maximum Gasteiger partial charge on any atom is 0.408 e. The summed E-state index contributed by atoms with van der Waals surface area (Å²) in [6.45, 7) is -0.230. The Bertz CT molecular complexity index is 1460. The Morgan fingerprint density at radius 1 is 1.17 bits per heavy atom. The highest BCUT2D eigenvalue weighted by molar-refractivity contribution is 5.92. The molecule has 0 radical (unpaired) electrons. The molecule has 180 valence electrons. The van der Waals surface area contributed by atoms with Crippen LogP contribution in [0.5, 0.6) is 0 Å². The molecule has 0 aliphatic carbocycles. The van der Waals surface area contributed by atoms with E-state index in [0.29, 0.717) is 35.4 Å². The maximum absolute atomic E-state index is 13.4. The fraction of sp³-hybridized carbons (Fsp3) is 0.391. The van der Waals surface area contributed by atoms with Gasteiger partial charge in [0.1, 0.15) is 24.0 Å². The summed E-state index contributed by atoms with van der Waals surface area (Å²) in [5.74, 6) is 0. The number of hydrogen-bond acceptors (Lipinski definition) is 7. The quantitative estimate of drug-likeness (QED) is 0.476. The number of aliphatic hydroxyl groups is 1. The van der Waals surface area contributed by atoms with E-state index in [1.807, 2.05) is 11.0 Å². The van der Waals surface area contributed by atoms with Crippen molar-refractivity contribution >= 4 is 16.6 Å². The van der Waals surface area contributed by atoms with E-state index in [9.17, 15) is 23.5 Å². The molecule has 2 fully saturated rings. The second-order valence-corrected chi connectivity index (χ2v) is 8.93. The molecule has 9 nitrogen and oxygen atoms in total. The molecule has 12 heteroatoms. The number of hydrogen-bond donors (Lipinski definition) is 1. The zero-order valence-electron chi connectivity index (χ0n) is 18.4. The Kier molecular flexibility index (Phi) is 5.03. The van der Waals surface area contributed by atoms with Crippen LogP contribution in [0.2, 0.25) is 0 Å². The Morgan fingerprint density at radius 2 is 1.94 bits per heavy atom. The summed E-state index contributed by atoms with van der Waals surface area (Å²) in [5.41, 5.74) is 2.04. The number of aliphatic hydroxyl groups excluding tert-OH is 1. The largest absolute Gasteiger partial charge is 0.408 e. The fourth-order valence-corrected chi connectivity index (χ4v) is 4.96. The average molecular weight is 483 g/mol. The topological polar surface area (TPSA) is 104 Å². The van der Waals surface area contributed by atoms with E-state index in [1.54, 1.807) is 22.7 Å². The van der Waals surface area contributed by atoms with E-state index < -0.39 is 18.9 Å². The first-order valence-corrected chi connectivity index (χ1v) is 11.2. The van der Waals surface area contributed by atoms with Crippen LogP contribution in [0.1, 0.15) is 30.3 Å². The van der Waals surface area contributed by atoms with Gasteiger partial charge in [0.25, 0.3) is 0 Å². The number of fused-ring (bicyclic) bond motifs is 4. The highest BCUT2D eigenvalue weighted by atomic mass is 19.4. The van der Waals surface area contributed by atoms with Crippen molar-refractivity contribution in [2.45, 2.75) is 44.0 Å². The lowest BCUT2D eigenvalue weighted by molar-refractivity contribution is -0.141. The summed E-state index contributed by atoms with van der Waals surface area (Å²) in [6.07, 6.45) is 0.862. The van der Waals surface area contributed by atoms with Gasteiger partial charge < -0.3 is 9.84 Å². The minimum Gasteiger partial charge on any atom is -0.372 e. The number of pyridine rings is 2. The molecule has 1 N–H and O–H groups in total. The van der Waals surface area contributed by atoms with E-state index >= 15 is 0 Å². The van der Waals surface area contributed by atoms with Gasteiger partial charge in [-0.25, -0.2) is 4.98 Å². The van der Waals surface area contributed by atoms with Crippen molar-refractivity contribution in [2.75, 3.05) is 13.1 Å². The first kappa shape index (κ1) is 22.0. The molecule has 4 aromatic rings. The van der Waals surface area contributed by atoms with Crippen molar-refractivity contribution in [1.82, 2.24) is 29.0 Å². The van der Waals surface area contributed by atoms with E-state index in [1.165, 1.54) is 18.5 Å². The molecule has 2 saturated heterocycles. The van der Waals surface area contributed by atoms with E-state index in [2.05, 4.69) is 15.1 Å². The van der Waals surface area contributed by atoms with Crippen molar-refractivity contribution < 1.29 is 23.0 Å². The molecule has 6 heterocycles.